The molecule has 3 heterocycles. The first-order valence-electron chi connectivity index (χ1n) is 9.49. The summed E-state index contributed by atoms with van der Waals surface area (Å²) in [7, 11) is 0. The van der Waals surface area contributed by atoms with E-state index in [0.29, 0.717) is 5.95 Å². The molecule has 1 aromatic heterocycles. The summed E-state index contributed by atoms with van der Waals surface area (Å²) >= 11 is 0. The van der Waals surface area contributed by atoms with E-state index >= 15 is 0 Å². The van der Waals surface area contributed by atoms with Crippen LogP contribution in [0.2, 0.25) is 0 Å². The van der Waals surface area contributed by atoms with E-state index in [4.69, 9.17) is 10.5 Å². The van der Waals surface area contributed by atoms with Crippen LogP contribution in [0.25, 0.3) is 11.3 Å². The number of ether oxygens (including phenoxy) is 1. The summed E-state index contributed by atoms with van der Waals surface area (Å²) in [5.41, 5.74) is 12.0. The lowest BCUT2D eigenvalue weighted by Crippen LogP contribution is -2.24. The van der Waals surface area contributed by atoms with E-state index in [2.05, 4.69) is 51.3 Å². The number of hydrogen-bond donors (Lipinski definition) is 1. The summed E-state index contributed by atoms with van der Waals surface area (Å²) in [6.07, 6.45) is 3.15. The van der Waals surface area contributed by atoms with E-state index in [1.54, 1.807) is 0 Å². The Morgan fingerprint density at radius 3 is 2.74 bits per heavy atom. The molecule has 0 saturated heterocycles. The van der Waals surface area contributed by atoms with Crippen LogP contribution in [0.3, 0.4) is 0 Å². The van der Waals surface area contributed by atoms with Crippen molar-refractivity contribution < 1.29 is 4.74 Å². The van der Waals surface area contributed by atoms with Crippen LogP contribution in [0.5, 0.6) is 5.75 Å². The molecule has 0 saturated carbocycles. The molecule has 2 aliphatic rings. The van der Waals surface area contributed by atoms with Gasteiger partial charge >= 0.3 is 0 Å². The zero-order chi connectivity index (χ0) is 18.2. The lowest BCUT2D eigenvalue weighted by molar-refractivity contribution is 0.357. The zero-order valence-electron chi connectivity index (χ0n) is 15.2. The maximum absolute atomic E-state index is 6.08. The molecule has 136 valence electrons. The van der Waals surface area contributed by atoms with Crippen LogP contribution in [0.1, 0.15) is 23.1 Å². The molecule has 2 aromatic carbocycles. The Balaban J connectivity index is 1.51. The van der Waals surface area contributed by atoms with E-state index < -0.39 is 0 Å². The van der Waals surface area contributed by atoms with Crippen molar-refractivity contribution in [2.75, 3.05) is 23.8 Å². The van der Waals surface area contributed by atoms with Gasteiger partial charge in [0.2, 0.25) is 5.95 Å². The molecule has 0 aliphatic carbocycles. The second-order valence-electron chi connectivity index (χ2n) is 7.18. The summed E-state index contributed by atoms with van der Waals surface area (Å²) < 4.78 is 5.61. The Bertz CT molecular complexity index is 1000. The average Bonchev–Trinajstić information content (AvgIpc) is 3.04. The van der Waals surface area contributed by atoms with Gasteiger partial charge in [-0.15, -0.1) is 0 Å². The highest BCUT2D eigenvalue weighted by molar-refractivity contribution is 5.67. The number of aryl methyl sites for hydroxylation is 1. The van der Waals surface area contributed by atoms with E-state index in [1.807, 2.05) is 12.1 Å². The first kappa shape index (κ1) is 16.1. The standard InChI is InChI=1S/C22H22N4O/c23-22-24-19(16-7-8-20-17(12-16)9-11-27-20)13-21(25-22)26-10-3-6-15-4-1-2-5-18(15)14-26/h1-2,4-5,7-8,12-13H,3,6,9-11,14H2,(H2,23,24,25). The topological polar surface area (TPSA) is 64.3 Å². The zero-order valence-corrected chi connectivity index (χ0v) is 15.2. The monoisotopic (exact) mass is 358 g/mol. The Kier molecular flexibility index (Phi) is 3.93. The number of hydrogen-bond acceptors (Lipinski definition) is 5. The van der Waals surface area contributed by atoms with Gasteiger partial charge in [0.25, 0.3) is 0 Å². The third-order valence-corrected chi connectivity index (χ3v) is 5.39. The minimum absolute atomic E-state index is 0.316. The van der Waals surface area contributed by atoms with Crippen molar-refractivity contribution in [2.45, 2.75) is 25.8 Å². The molecule has 0 fully saturated rings. The van der Waals surface area contributed by atoms with E-state index in [9.17, 15) is 0 Å². The molecule has 5 heteroatoms. The second kappa shape index (κ2) is 6.58. The highest BCUT2D eigenvalue weighted by Gasteiger charge is 2.18. The first-order chi connectivity index (χ1) is 13.3. The molecule has 0 unspecified atom stereocenters. The molecule has 0 bridgehead atoms. The fourth-order valence-corrected chi connectivity index (χ4v) is 4.00. The van der Waals surface area contributed by atoms with Crippen LogP contribution in [0, 0.1) is 0 Å². The fraction of sp³-hybridized carbons (Fsp3) is 0.273. The van der Waals surface area contributed by atoms with Crippen molar-refractivity contribution in [1.29, 1.82) is 0 Å². The predicted octanol–water partition coefficient (Wildman–Crippen LogP) is 3.61. The Morgan fingerprint density at radius 2 is 1.81 bits per heavy atom. The van der Waals surface area contributed by atoms with Gasteiger partial charge in [0.1, 0.15) is 11.6 Å². The third kappa shape index (κ3) is 3.10. The largest absolute Gasteiger partial charge is 0.493 e. The number of rotatable bonds is 2. The van der Waals surface area contributed by atoms with Crippen molar-refractivity contribution in [1.82, 2.24) is 9.97 Å². The SMILES string of the molecule is Nc1nc(-c2ccc3c(c2)CCO3)cc(N2CCCc3ccccc3C2)n1. The van der Waals surface area contributed by atoms with Crippen LogP contribution in [-0.2, 0) is 19.4 Å². The highest BCUT2D eigenvalue weighted by Crippen LogP contribution is 2.32. The van der Waals surface area contributed by atoms with E-state index in [1.165, 1.54) is 16.7 Å². The molecule has 27 heavy (non-hydrogen) atoms. The number of nitrogens with two attached hydrogens (primary N) is 1. The summed E-state index contributed by atoms with van der Waals surface area (Å²) in [5.74, 6) is 2.19. The van der Waals surface area contributed by atoms with Gasteiger partial charge < -0.3 is 15.4 Å². The van der Waals surface area contributed by atoms with Gasteiger partial charge in [0.15, 0.2) is 0 Å². The summed E-state index contributed by atoms with van der Waals surface area (Å²) in [4.78, 5) is 11.3. The number of nitrogen functional groups attached to an aromatic ring is 1. The van der Waals surface area contributed by atoms with Crippen molar-refractivity contribution in [3.63, 3.8) is 0 Å². The number of anilines is 2. The van der Waals surface area contributed by atoms with Crippen LogP contribution in [0.4, 0.5) is 11.8 Å². The summed E-state index contributed by atoms with van der Waals surface area (Å²) in [5, 5.41) is 0. The molecule has 3 aromatic rings. The number of aromatic nitrogens is 2. The Morgan fingerprint density at radius 1 is 0.926 bits per heavy atom. The lowest BCUT2D eigenvalue weighted by Gasteiger charge is -2.22. The lowest BCUT2D eigenvalue weighted by atomic mass is 10.0. The Hall–Kier alpha value is -3.08. The van der Waals surface area contributed by atoms with Gasteiger partial charge in [-0.05, 0) is 47.7 Å². The smallest absolute Gasteiger partial charge is 0.222 e. The van der Waals surface area contributed by atoms with Crippen LogP contribution >= 0.6 is 0 Å². The van der Waals surface area contributed by atoms with Gasteiger partial charge in [-0.3, -0.25) is 0 Å². The van der Waals surface area contributed by atoms with Crippen LogP contribution in [-0.4, -0.2) is 23.1 Å². The number of fused-ring (bicyclic) bond motifs is 2. The average molecular weight is 358 g/mol. The summed E-state index contributed by atoms with van der Waals surface area (Å²) in [6.45, 7) is 2.57. The molecule has 2 aliphatic heterocycles. The van der Waals surface area contributed by atoms with Crippen molar-refractivity contribution in [2.24, 2.45) is 0 Å². The molecule has 0 radical (unpaired) electrons. The molecular weight excluding hydrogens is 336 g/mol. The molecule has 5 rings (SSSR count). The van der Waals surface area contributed by atoms with Crippen molar-refractivity contribution in [3.05, 3.63) is 65.2 Å². The maximum Gasteiger partial charge on any atom is 0.222 e. The first-order valence-corrected chi connectivity index (χ1v) is 9.49. The molecular formula is C22H22N4O. The quantitative estimate of drug-likeness (QED) is 0.758. The van der Waals surface area contributed by atoms with Crippen LogP contribution in [0.15, 0.2) is 48.5 Å². The van der Waals surface area contributed by atoms with Crippen molar-refractivity contribution >= 4 is 11.8 Å². The van der Waals surface area contributed by atoms with Gasteiger partial charge in [-0.1, -0.05) is 24.3 Å². The minimum atomic E-state index is 0.316. The second-order valence-corrected chi connectivity index (χ2v) is 7.18. The molecule has 0 amide bonds. The highest BCUT2D eigenvalue weighted by atomic mass is 16.5. The number of nitrogens with zero attached hydrogens (tertiary/aromatic N) is 3. The number of benzene rings is 2. The molecule has 2 N–H and O–H groups in total. The van der Waals surface area contributed by atoms with E-state index in [-0.39, 0.29) is 0 Å². The molecule has 0 atom stereocenters. The van der Waals surface area contributed by atoms with Gasteiger partial charge in [0, 0.05) is 31.1 Å². The normalized spacial score (nSPS) is 15.6. The van der Waals surface area contributed by atoms with Gasteiger partial charge in [-0.25, -0.2) is 4.98 Å². The molecule has 0 spiro atoms. The minimum Gasteiger partial charge on any atom is -0.493 e. The van der Waals surface area contributed by atoms with Gasteiger partial charge in [-0.2, -0.15) is 4.98 Å². The molecule has 5 nitrogen and oxygen atoms in total. The van der Waals surface area contributed by atoms with Crippen molar-refractivity contribution in [3.8, 4) is 17.0 Å². The van der Waals surface area contributed by atoms with Crippen LogP contribution < -0.4 is 15.4 Å². The van der Waals surface area contributed by atoms with E-state index in [0.717, 1.165) is 61.8 Å². The maximum atomic E-state index is 6.08. The Labute approximate surface area is 158 Å². The fourth-order valence-electron chi connectivity index (χ4n) is 4.00. The summed E-state index contributed by atoms with van der Waals surface area (Å²) in [6, 6.07) is 16.9. The van der Waals surface area contributed by atoms with Gasteiger partial charge in [0.05, 0.1) is 12.3 Å². The third-order valence-electron chi connectivity index (χ3n) is 5.39. The predicted molar refractivity (Wildman–Crippen MR) is 107 cm³/mol.